The van der Waals surface area contributed by atoms with Gasteiger partial charge in [0, 0.05) is 36.4 Å². The summed E-state index contributed by atoms with van der Waals surface area (Å²) in [5, 5.41) is 5.20. The number of hydrogen-bond acceptors (Lipinski definition) is 5. The molecule has 2 fully saturated rings. The number of nitrogens with one attached hydrogen (secondary N) is 1. The third-order valence-electron chi connectivity index (χ3n) is 6.07. The van der Waals surface area contributed by atoms with Crippen molar-refractivity contribution in [3.8, 4) is 0 Å². The third kappa shape index (κ3) is 5.19. The Kier molecular flexibility index (Phi) is 6.73. The Balaban J connectivity index is 1.23. The summed E-state index contributed by atoms with van der Waals surface area (Å²) in [5.74, 6) is 0.372. The lowest BCUT2D eigenvalue weighted by Crippen LogP contribution is -2.50. The molecule has 1 amide bonds. The molecule has 2 aliphatic heterocycles. The molecule has 2 aromatic heterocycles. The summed E-state index contributed by atoms with van der Waals surface area (Å²) in [5.41, 5.74) is 1.34. The number of thiophene rings is 1. The molecule has 0 saturated carbocycles. The summed E-state index contributed by atoms with van der Waals surface area (Å²) in [6.45, 7) is 6.02. The fraction of sp³-hybridized carbons (Fsp3) is 0.545. The van der Waals surface area contributed by atoms with Crippen LogP contribution in [0, 0.1) is 5.92 Å². The number of carbonyl (C=O) groups excluding carboxylic acids is 1. The zero-order valence-electron chi connectivity index (χ0n) is 16.4. The second-order valence-electron chi connectivity index (χ2n) is 7.99. The Morgan fingerprint density at radius 3 is 2.71 bits per heavy atom. The number of amides is 1. The van der Waals surface area contributed by atoms with Gasteiger partial charge >= 0.3 is 0 Å². The second-order valence-corrected chi connectivity index (χ2v) is 9.03. The van der Waals surface area contributed by atoms with Crippen molar-refractivity contribution in [2.24, 2.45) is 5.92 Å². The van der Waals surface area contributed by atoms with Crippen LogP contribution in [-0.4, -0.2) is 52.9 Å². The molecule has 0 radical (unpaired) electrons. The molecule has 0 aromatic carbocycles. The molecule has 2 aromatic rings. The van der Waals surface area contributed by atoms with Gasteiger partial charge in [0.05, 0.1) is 12.5 Å². The Bertz CT molecular complexity index is 728. The molecule has 0 spiro atoms. The third-order valence-corrected chi connectivity index (χ3v) is 6.95. The van der Waals surface area contributed by atoms with Crippen molar-refractivity contribution >= 4 is 17.2 Å². The molecule has 2 aliphatic rings. The van der Waals surface area contributed by atoms with E-state index < -0.39 is 0 Å². The maximum Gasteiger partial charge on any atom is 0.224 e. The van der Waals surface area contributed by atoms with E-state index in [0.29, 0.717) is 12.6 Å². The summed E-state index contributed by atoms with van der Waals surface area (Å²) >= 11 is 1.70. The molecule has 4 heterocycles. The fourth-order valence-corrected chi connectivity index (χ4v) is 5.12. The Morgan fingerprint density at radius 2 is 1.96 bits per heavy atom. The van der Waals surface area contributed by atoms with Gasteiger partial charge in [-0.3, -0.25) is 19.6 Å². The van der Waals surface area contributed by atoms with Crippen molar-refractivity contribution < 1.29 is 4.79 Å². The first-order valence-corrected chi connectivity index (χ1v) is 11.3. The molecule has 1 N–H and O–H groups in total. The first kappa shape index (κ1) is 19.6. The summed E-state index contributed by atoms with van der Waals surface area (Å²) in [6.07, 6.45) is 8.31. The number of piperidine rings is 2. The molecule has 6 heteroatoms. The van der Waals surface area contributed by atoms with Crippen LogP contribution in [-0.2, 0) is 17.9 Å². The van der Waals surface area contributed by atoms with Crippen LogP contribution in [0.5, 0.6) is 0 Å². The van der Waals surface area contributed by atoms with Crippen LogP contribution in [0.15, 0.2) is 42.0 Å². The van der Waals surface area contributed by atoms with Gasteiger partial charge in [-0.1, -0.05) is 6.07 Å². The largest absolute Gasteiger partial charge is 0.351 e. The first-order chi connectivity index (χ1) is 13.8. The normalized spacial score (nSPS) is 22.2. The van der Waals surface area contributed by atoms with E-state index in [4.69, 9.17) is 0 Å². The van der Waals surface area contributed by atoms with Gasteiger partial charge in [0.1, 0.15) is 0 Å². The highest BCUT2D eigenvalue weighted by Crippen LogP contribution is 2.25. The SMILES string of the molecule is O=C(NCc1cccs1)[C@@H]1CCCN(C2CCN(Cc3ccncc3)CC2)C1. The monoisotopic (exact) mass is 398 g/mol. The van der Waals surface area contributed by atoms with E-state index in [1.165, 1.54) is 23.3 Å². The van der Waals surface area contributed by atoms with Gasteiger partial charge in [-0.2, -0.15) is 0 Å². The number of likely N-dealkylation sites (tertiary alicyclic amines) is 2. The zero-order valence-corrected chi connectivity index (χ0v) is 17.2. The number of aromatic nitrogens is 1. The Labute approximate surface area is 171 Å². The van der Waals surface area contributed by atoms with Crippen LogP contribution in [0.4, 0.5) is 0 Å². The maximum absolute atomic E-state index is 12.6. The first-order valence-electron chi connectivity index (χ1n) is 10.4. The standard InChI is InChI=1S/C22H30N4OS/c27-22(24-15-21-4-2-14-28-21)19-3-1-11-26(17-19)20-7-12-25(13-8-20)16-18-5-9-23-10-6-18/h2,4-6,9-10,14,19-20H,1,3,7-8,11-13,15-17H2,(H,24,27)/t19-/m1/s1. The number of rotatable bonds is 6. The number of nitrogens with zero attached hydrogens (tertiary/aromatic N) is 3. The van der Waals surface area contributed by atoms with Crippen LogP contribution in [0.25, 0.3) is 0 Å². The van der Waals surface area contributed by atoms with Crippen LogP contribution in [0.3, 0.4) is 0 Å². The molecule has 0 unspecified atom stereocenters. The van der Waals surface area contributed by atoms with Crippen molar-refractivity contribution in [1.82, 2.24) is 20.1 Å². The van der Waals surface area contributed by atoms with Crippen molar-refractivity contribution in [1.29, 1.82) is 0 Å². The van der Waals surface area contributed by atoms with E-state index in [-0.39, 0.29) is 11.8 Å². The van der Waals surface area contributed by atoms with Crippen LogP contribution in [0.2, 0.25) is 0 Å². The summed E-state index contributed by atoms with van der Waals surface area (Å²) < 4.78 is 0. The molecule has 0 aliphatic carbocycles. The molecule has 150 valence electrons. The highest BCUT2D eigenvalue weighted by Gasteiger charge is 2.31. The molecular formula is C22H30N4OS. The topological polar surface area (TPSA) is 48.5 Å². The lowest BCUT2D eigenvalue weighted by Gasteiger charge is -2.42. The predicted octanol–water partition coefficient (Wildman–Crippen LogP) is 3.14. The molecule has 4 rings (SSSR count). The smallest absolute Gasteiger partial charge is 0.224 e. The van der Waals surface area contributed by atoms with E-state index >= 15 is 0 Å². The molecule has 0 bridgehead atoms. The minimum atomic E-state index is 0.142. The quantitative estimate of drug-likeness (QED) is 0.812. The minimum absolute atomic E-state index is 0.142. The maximum atomic E-state index is 12.6. The van der Waals surface area contributed by atoms with Gasteiger partial charge in [-0.05, 0) is 74.5 Å². The number of pyridine rings is 1. The van der Waals surface area contributed by atoms with Gasteiger partial charge in [-0.25, -0.2) is 0 Å². The van der Waals surface area contributed by atoms with Crippen LogP contribution < -0.4 is 5.32 Å². The van der Waals surface area contributed by atoms with E-state index in [9.17, 15) is 4.79 Å². The van der Waals surface area contributed by atoms with E-state index in [2.05, 4.69) is 43.7 Å². The highest BCUT2D eigenvalue weighted by molar-refractivity contribution is 7.09. The van der Waals surface area contributed by atoms with Crippen molar-refractivity contribution in [3.63, 3.8) is 0 Å². The van der Waals surface area contributed by atoms with Crippen LogP contribution >= 0.6 is 11.3 Å². The van der Waals surface area contributed by atoms with E-state index in [0.717, 1.165) is 45.6 Å². The summed E-state index contributed by atoms with van der Waals surface area (Å²) in [4.78, 5) is 23.1. The molecule has 2 saturated heterocycles. The molecule has 1 atom stereocenters. The summed E-state index contributed by atoms with van der Waals surface area (Å²) in [7, 11) is 0. The molecule has 28 heavy (non-hydrogen) atoms. The predicted molar refractivity (Wildman–Crippen MR) is 113 cm³/mol. The van der Waals surface area contributed by atoms with Crippen molar-refractivity contribution in [2.75, 3.05) is 26.2 Å². The summed E-state index contributed by atoms with van der Waals surface area (Å²) in [6, 6.07) is 8.96. The van der Waals surface area contributed by atoms with E-state index in [1.807, 2.05) is 18.5 Å². The number of carbonyl (C=O) groups is 1. The average molecular weight is 399 g/mol. The van der Waals surface area contributed by atoms with Gasteiger partial charge in [0.15, 0.2) is 0 Å². The van der Waals surface area contributed by atoms with Gasteiger partial charge in [-0.15, -0.1) is 11.3 Å². The lowest BCUT2D eigenvalue weighted by molar-refractivity contribution is -0.127. The number of hydrogen-bond donors (Lipinski definition) is 1. The zero-order chi connectivity index (χ0) is 19.2. The average Bonchev–Trinajstić information content (AvgIpc) is 3.27. The van der Waals surface area contributed by atoms with Gasteiger partial charge in [0.25, 0.3) is 0 Å². The van der Waals surface area contributed by atoms with Crippen molar-refractivity contribution in [3.05, 3.63) is 52.5 Å². The second kappa shape index (κ2) is 9.63. The molecule has 5 nitrogen and oxygen atoms in total. The molecular weight excluding hydrogens is 368 g/mol. The van der Waals surface area contributed by atoms with E-state index in [1.54, 1.807) is 11.3 Å². The van der Waals surface area contributed by atoms with Crippen molar-refractivity contribution in [2.45, 2.75) is 44.8 Å². The lowest BCUT2D eigenvalue weighted by atomic mass is 9.93. The highest BCUT2D eigenvalue weighted by atomic mass is 32.1. The van der Waals surface area contributed by atoms with Gasteiger partial charge < -0.3 is 5.32 Å². The fourth-order valence-electron chi connectivity index (χ4n) is 4.47. The Morgan fingerprint density at radius 1 is 1.14 bits per heavy atom. The minimum Gasteiger partial charge on any atom is -0.351 e. The van der Waals surface area contributed by atoms with Crippen LogP contribution in [0.1, 0.15) is 36.1 Å². The Hall–Kier alpha value is -1.76. The van der Waals surface area contributed by atoms with Gasteiger partial charge in [0.2, 0.25) is 5.91 Å².